The Morgan fingerprint density at radius 1 is 0.960 bits per heavy atom. The summed E-state index contributed by atoms with van der Waals surface area (Å²) in [5.41, 5.74) is 2.83. The molecule has 2 aromatic rings. The maximum atomic E-state index is 10.7. The molecule has 0 spiro atoms. The van der Waals surface area contributed by atoms with Crippen molar-refractivity contribution < 1.29 is 9.90 Å². The molecular weight excluding hydrogens is 328 g/mol. The van der Waals surface area contributed by atoms with Crippen molar-refractivity contribution in [2.45, 2.75) is 65.2 Å². The number of thiophene rings is 1. The Morgan fingerprint density at radius 2 is 1.60 bits per heavy atom. The van der Waals surface area contributed by atoms with E-state index in [0.717, 1.165) is 25.7 Å². The zero-order valence-corrected chi connectivity index (χ0v) is 16.4. The molecule has 0 amide bonds. The van der Waals surface area contributed by atoms with Crippen LogP contribution in [0.5, 0.6) is 0 Å². The molecule has 0 aliphatic carbocycles. The lowest BCUT2D eigenvalue weighted by atomic mass is 10.00. The highest BCUT2D eigenvalue weighted by molar-refractivity contribution is 7.11. The van der Waals surface area contributed by atoms with Crippen molar-refractivity contribution in [3.05, 3.63) is 57.3 Å². The van der Waals surface area contributed by atoms with E-state index in [1.807, 2.05) is 18.3 Å². The molecule has 1 heterocycles. The molecule has 1 unspecified atom stereocenters. The van der Waals surface area contributed by atoms with Crippen molar-refractivity contribution in [1.82, 2.24) is 0 Å². The zero-order valence-electron chi connectivity index (χ0n) is 15.6. The molecular formula is C22H30O2S. The highest BCUT2D eigenvalue weighted by Gasteiger charge is 2.09. The van der Waals surface area contributed by atoms with Gasteiger partial charge in [-0.1, -0.05) is 45.0 Å². The molecule has 1 atom stereocenters. The highest BCUT2D eigenvalue weighted by atomic mass is 32.1. The minimum absolute atomic E-state index is 0.247. The Morgan fingerprint density at radius 3 is 2.20 bits per heavy atom. The van der Waals surface area contributed by atoms with Gasteiger partial charge in [-0.15, -0.1) is 11.3 Å². The maximum Gasteiger partial charge on any atom is 0.303 e. The van der Waals surface area contributed by atoms with E-state index >= 15 is 0 Å². The predicted octanol–water partition coefficient (Wildman–Crippen LogP) is 6.09. The number of hydrogen-bond acceptors (Lipinski definition) is 2. The van der Waals surface area contributed by atoms with Crippen molar-refractivity contribution in [3.8, 4) is 0 Å². The predicted molar refractivity (Wildman–Crippen MR) is 107 cm³/mol. The van der Waals surface area contributed by atoms with E-state index in [-0.39, 0.29) is 12.3 Å². The standard InChI is InChI=1S/C22H30O2S/c1-16(2)19-10-8-18(9-11-19)5-4-6-20-13-14-21(25-20)12-7-17(3)15-22(23)24/h8-11,13-14,16-17H,4-7,12,15H2,1-3H3,(H,23,24). The number of carbonyl (C=O) groups is 1. The smallest absolute Gasteiger partial charge is 0.303 e. The number of carboxylic acids is 1. The Balaban J connectivity index is 1.73. The van der Waals surface area contributed by atoms with Gasteiger partial charge in [-0.3, -0.25) is 4.79 Å². The van der Waals surface area contributed by atoms with Crippen LogP contribution in [0.3, 0.4) is 0 Å². The fourth-order valence-electron chi connectivity index (χ4n) is 3.02. The number of aryl methyl sites for hydroxylation is 3. The van der Waals surface area contributed by atoms with Gasteiger partial charge in [0.25, 0.3) is 0 Å². The van der Waals surface area contributed by atoms with E-state index in [0.29, 0.717) is 5.92 Å². The van der Waals surface area contributed by atoms with Gasteiger partial charge in [-0.05, 0) is 67.2 Å². The fourth-order valence-corrected chi connectivity index (χ4v) is 4.09. The molecule has 3 heteroatoms. The van der Waals surface area contributed by atoms with Gasteiger partial charge < -0.3 is 5.11 Å². The summed E-state index contributed by atoms with van der Waals surface area (Å²) in [6.07, 6.45) is 5.65. The van der Waals surface area contributed by atoms with Crippen LogP contribution < -0.4 is 0 Å². The van der Waals surface area contributed by atoms with Gasteiger partial charge in [0, 0.05) is 16.2 Å². The molecule has 2 rings (SSSR count). The molecule has 0 aliphatic heterocycles. The fraction of sp³-hybridized carbons (Fsp3) is 0.500. The lowest BCUT2D eigenvalue weighted by Gasteiger charge is -2.07. The van der Waals surface area contributed by atoms with Crippen LogP contribution in [0, 0.1) is 5.92 Å². The Kier molecular flexibility index (Phi) is 7.70. The molecule has 0 aliphatic rings. The molecule has 1 aromatic heterocycles. The summed E-state index contributed by atoms with van der Waals surface area (Å²) in [5, 5.41) is 8.82. The molecule has 0 radical (unpaired) electrons. The molecule has 1 aromatic carbocycles. The van der Waals surface area contributed by atoms with Gasteiger partial charge in [0.15, 0.2) is 0 Å². The molecule has 1 N–H and O–H groups in total. The van der Waals surface area contributed by atoms with Crippen molar-refractivity contribution in [2.75, 3.05) is 0 Å². The van der Waals surface area contributed by atoms with Gasteiger partial charge in [-0.2, -0.15) is 0 Å². The van der Waals surface area contributed by atoms with Crippen molar-refractivity contribution >= 4 is 17.3 Å². The lowest BCUT2D eigenvalue weighted by Crippen LogP contribution is -2.04. The first-order valence-corrected chi connectivity index (χ1v) is 10.1. The molecule has 136 valence electrons. The number of benzene rings is 1. The van der Waals surface area contributed by atoms with Crippen LogP contribution >= 0.6 is 11.3 Å². The topological polar surface area (TPSA) is 37.3 Å². The number of aliphatic carboxylic acids is 1. The minimum atomic E-state index is -0.694. The number of hydrogen-bond donors (Lipinski definition) is 1. The number of carboxylic acid groups (broad SMARTS) is 1. The van der Waals surface area contributed by atoms with Crippen LogP contribution in [0.15, 0.2) is 36.4 Å². The first kappa shape index (κ1) is 19.7. The van der Waals surface area contributed by atoms with Crippen molar-refractivity contribution in [2.24, 2.45) is 5.92 Å². The van der Waals surface area contributed by atoms with E-state index in [4.69, 9.17) is 5.11 Å². The molecule has 2 nitrogen and oxygen atoms in total. The van der Waals surface area contributed by atoms with Crippen molar-refractivity contribution in [3.63, 3.8) is 0 Å². The van der Waals surface area contributed by atoms with E-state index in [1.165, 1.54) is 27.3 Å². The summed E-state index contributed by atoms with van der Waals surface area (Å²) in [5.74, 6) is 0.148. The zero-order chi connectivity index (χ0) is 18.2. The van der Waals surface area contributed by atoms with E-state index in [1.54, 1.807) is 0 Å². The second kappa shape index (κ2) is 9.76. The van der Waals surface area contributed by atoms with E-state index in [9.17, 15) is 4.79 Å². The molecule has 0 saturated heterocycles. The summed E-state index contributed by atoms with van der Waals surface area (Å²) in [7, 11) is 0. The van der Waals surface area contributed by atoms with E-state index in [2.05, 4.69) is 50.2 Å². The number of rotatable bonds is 10. The molecule has 25 heavy (non-hydrogen) atoms. The van der Waals surface area contributed by atoms with Crippen LogP contribution in [0.4, 0.5) is 0 Å². The monoisotopic (exact) mass is 358 g/mol. The summed E-state index contributed by atoms with van der Waals surface area (Å²) >= 11 is 1.89. The largest absolute Gasteiger partial charge is 0.481 e. The maximum absolute atomic E-state index is 10.7. The van der Waals surface area contributed by atoms with Crippen LogP contribution in [0.1, 0.15) is 66.8 Å². The normalized spacial score (nSPS) is 12.5. The third-order valence-electron chi connectivity index (χ3n) is 4.66. The average Bonchev–Trinajstić information content (AvgIpc) is 3.01. The summed E-state index contributed by atoms with van der Waals surface area (Å²) in [6.45, 7) is 6.48. The van der Waals surface area contributed by atoms with Gasteiger partial charge >= 0.3 is 5.97 Å². The second-order valence-electron chi connectivity index (χ2n) is 7.36. The second-order valence-corrected chi connectivity index (χ2v) is 8.61. The SMILES string of the molecule is CC(CCc1ccc(CCCc2ccc(C(C)C)cc2)s1)CC(=O)O. The minimum Gasteiger partial charge on any atom is -0.481 e. The first-order chi connectivity index (χ1) is 11.9. The average molecular weight is 359 g/mol. The Bertz CT molecular complexity index is 655. The van der Waals surface area contributed by atoms with Crippen LogP contribution in [0.25, 0.3) is 0 Å². The van der Waals surface area contributed by atoms with Crippen molar-refractivity contribution in [1.29, 1.82) is 0 Å². The summed E-state index contributed by atoms with van der Waals surface area (Å²) in [6, 6.07) is 13.5. The lowest BCUT2D eigenvalue weighted by molar-refractivity contribution is -0.138. The quantitative estimate of drug-likeness (QED) is 0.558. The van der Waals surface area contributed by atoms with Gasteiger partial charge in [-0.25, -0.2) is 0 Å². The molecule has 0 saturated carbocycles. The van der Waals surface area contributed by atoms with Crippen LogP contribution in [-0.4, -0.2) is 11.1 Å². The molecule has 0 fully saturated rings. The third kappa shape index (κ3) is 7.03. The van der Waals surface area contributed by atoms with Gasteiger partial charge in [0.2, 0.25) is 0 Å². The summed E-state index contributed by atoms with van der Waals surface area (Å²) in [4.78, 5) is 13.5. The van der Waals surface area contributed by atoms with Crippen LogP contribution in [-0.2, 0) is 24.1 Å². The van der Waals surface area contributed by atoms with Gasteiger partial charge in [0.05, 0.1) is 0 Å². The van der Waals surface area contributed by atoms with Crippen LogP contribution in [0.2, 0.25) is 0 Å². The third-order valence-corrected chi connectivity index (χ3v) is 5.86. The first-order valence-electron chi connectivity index (χ1n) is 9.32. The summed E-state index contributed by atoms with van der Waals surface area (Å²) < 4.78 is 0. The Hall–Kier alpha value is -1.61. The molecule has 0 bridgehead atoms. The Labute approximate surface area is 155 Å². The van der Waals surface area contributed by atoms with Gasteiger partial charge in [0.1, 0.15) is 0 Å². The van der Waals surface area contributed by atoms with E-state index < -0.39 is 5.97 Å². The highest BCUT2D eigenvalue weighted by Crippen LogP contribution is 2.23.